The minimum Gasteiger partial charge on any atom is -0.351 e. The van der Waals surface area contributed by atoms with Crippen molar-refractivity contribution in [1.29, 1.82) is 0 Å². The molecule has 0 bridgehead atoms. The molecule has 9 heteroatoms. The fourth-order valence-corrected chi connectivity index (χ4v) is 4.25. The molecule has 0 aliphatic heterocycles. The smallest absolute Gasteiger partial charge is 0.224 e. The first-order chi connectivity index (χ1) is 14.4. The highest BCUT2D eigenvalue weighted by molar-refractivity contribution is 5.95. The Morgan fingerprint density at radius 3 is 3.00 bits per heavy atom. The number of rotatable bonds is 5. The minimum atomic E-state index is -0.145. The van der Waals surface area contributed by atoms with Gasteiger partial charge in [0.1, 0.15) is 11.2 Å². The van der Waals surface area contributed by atoms with Crippen LogP contribution in [0.3, 0.4) is 0 Å². The Balaban J connectivity index is 1.34. The van der Waals surface area contributed by atoms with Crippen LogP contribution in [0.1, 0.15) is 33.1 Å². The van der Waals surface area contributed by atoms with Gasteiger partial charge in [-0.3, -0.25) is 4.79 Å². The van der Waals surface area contributed by atoms with Crippen molar-refractivity contribution in [3.05, 3.63) is 30.6 Å². The van der Waals surface area contributed by atoms with Gasteiger partial charge in [0.05, 0.1) is 5.52 Å². The molecule has 154 valence electrons. The maximum atomic E-state index is 11.7. The van der Waals surface area contributed by atoms with E-state index in [1.165, 1.54) is 0 Å². The van der Waals surface area contributed by atoms with Crippen LogP contribution in [0.2, 0.25) is 0 Å². The Hall–Kier alpha value is -3.49. The number of nitrogens with one attached hydrogen (secondary N) is 3. The van der Waals surface area contributed by atoms with Crippen LogP contribution in [0.4, 0.5) is 5.95 Å². The summed E-state index contributed by atoms with van der Waals surface area (Å²) in [7, 11) is 1.88. The normalized spacial score (nSPS) is 21.0. The third-order valence-corrected chi connectivity index (χ3v) is 5.84. The number of carbonyl (C=O) groups excluding carboxylic acids is 1. The van der Waals surface area contributed by atoms with Gasteiger partial charge in [-0.2, -0.15) is 4.98 Å². The highest BCUT2D eigenvalue weighted by Crippen LogP contribution is 2.34. The van der Waals surface area contributed by atoms with Crippen LogP contribution in [0, 0.1) is 0 Å². The number of aryl methyl sites for hydroxylation is 1. The molecule has 1 fully saturated rings. The Labute approximate surface area is 173 Å². The van der Waals surface area contributed by atoms with Crippen molar-refractivity contribution in [1.82, 2.24) is 35.3 Å². The highest BCUT2D eigenvalue weighted by Gasteiger charge is 2.41. The SMILES string of the molecule is CCC(=O)N[C@]1(C)C[C@@H](Nc2ncc3c(-c4ccc5nnn(C)c5c4)c[nH]c3n2)C1. The lowest BCUT2D eigenvalue weighted by Crippen LogP contribution is -2.59. The fraction of sp³-hybridized carbons (Fsp3) is 0.381. The zero-order chi connectivity index (χ0) is 20.9. The molecular formula is C21H24N8O. The van der Waals surface area contributed by atoms with Gasteiger partial charge in [0.25, 0.3) is 0 Å². The molecule has 1 amide bonds. The van der Waals surface area contributed by atoms with E-state index < -0.39 is 0 Å². The molecule has 0 atom stereocenters. The molecule has 4 aromatic rings. The van der Waals surface area contributed by atoms with Gasteiger partial charge in [-0.05, 0) is 37.5 Å². The molecule has 3 aromatic heterocycles. The van der Waals surface area contributed by atoms with Gasteiger partial charge in [0, 0.05) is 48.4 Å². The number of hydrogen-bond donors (Lipinski definition) is 3. The molecule has 0 unspecified atom stereocenters. The first kappa shape index (κ1) is 18.5. The van der Waals surface area contributed by atoms with Gasteiger partial charge in [0.15, 0.2) is 0 Å². The lowest BCUT2D eigenvalue weighted by molar-refractivity contribution is -0.123. The molecule has 30 heavy (non-hydrogen) atoms. The molecule has 3 heterocycles. The molecule has 1 aromatic carbocycles. The van der Waals surface area contributed by atoms with Crippen molar-refractivity contribution in [3.63, 3.8) is 0 Å². The number of carbonyl (C=O) groups is 1. The number of amides is 1. The number of benzene rings is 1. The van der Waals surface area contributed by atoms with Gasteiger partial charge >= 0.3 is 0 Å². The summed E-state index contributed by atoms with van der Waals surface area (Å²) < 4.78 is 1.77. The second kappa shape index (κ2) is 6.79. The van der Waals surface area contributed by atoms with E-state index in [0.717, 1.165) is 46.0 Å². The minimum absolute atomic E-state index is 0.0904. The highest BCUT2D eigenvalue weighted by atomic mass is 16.1. The van der Waals surface area contributed by atoms with Crippen LogP contribution in [-0.2, 0) is 11.8 Å². The molecule has 1 aliphatic rings. The van der Waals surface area contributed by atoms with E-state index in [4.69, 9.17) is 0 Å². The van der Waals surface area contributed by atoms with Crippen LogP contribution >= 0.6 is 0 Å². The van der Waals surface area contributed by atoms with Gasteiger partial charge in [-0.15, -0.1) is 5.10 Å². The van der Waals surface area contributed by atoms with E-state index in [2.05, 4.69) is 48.9 Å². The van der Waals surface area contributed by atoms with Gasteiger partial charge < -0.3 is 15.6 Å². The van der Waals surface area contributed by atoms with E-state index in [0.29, 0.717) is 12.4 Å². The van der Waals surface area contributed by atoms with Crippen molar-refractivity contribution in [2.24, 2.45) is 7.05 Å². The van der Waals surface area contributed by atoms with Crippen molar-refractivity contribution in [2.75, 3.05) is 5.32 Å². The number of aromatic nitrogens is 6. The first-order valence-corrected chi connectivity index (χ1v) is 10.2. The molecule has 0 saturated heterocycles. The van der Waals surface area contributed by atoms with Crippen LogP contribution < -0.4 is 10.6 Å². The predicted octanol–water partition coefficient (Wildman–Crippen LogP) is 2.77. The van der Waals surface area contributed by atoms with Gasteiger partial charge in [-0.25, -0.2) is 9.67 Å². The lowest BCUT2D eigenvalue weighted by Gasteiger charge is -2.45. The predicted molar refractivity (Wildman–Crippen MR) is 115 cm³/mol. The van der Waals surface area contributed by atoms with Crippen LogP contribution in [0.15, 0.2) is 30.6 Å². The van der Waals surface area contributed by atoms with Crippen molar-refractivity contribution < 1.29 is 4.79 Å². The summed E-state index contributed by atoms with van der Waals surface area (Å²) in [4.78, 5) is 24.1. The number of hydrogen-bond acceptors (Lipinski definition) is 6. The van der Waals surface area contributed by atoms with E-state index in [9.17, 15) is 4.79 Å². The van der Waals surface area contributed by atoms with Crippen molar-refractivity contribution in [2.45, 2.75) is 44.7 Å². The Kier molecular flexibility index (Phi) is 4.19. The zero-order valence-electron chi connectivity index (χ0n) is 17.2. The third kappa shape index (κ3) is 3.16. The monoisotopic (exact) mass is 404 g/mol. The number of aromatic amines is 1. The molecule has 0 radical (unpaired) electrons. The maximum absolute atomic E-state index is 11.7. The Morgan fingerprint density at radius 2 is 2.20 bits per heavy atom. The van der Waals surface area contributed by atoms with Crippen molar-refractivity contribution in [3.8, 4) is 11.1 Å². The lowest BCUT2D eigenvalue weighted by atomic mass is 9.74. The largest absolute Gasteiger partial charge is 0.351 e. The van der Waals surface area contributed by atoms with Crippen LogP contribution in [0.25, 0.3) is 33.2 Å². The van der Waals surface area contributed by atoms with E-state index in [-0.39, 0.29) is 17.5 Å². The molecule has 1 saturated carbocycles. The van der Waals surface area contributed by atoms with E-state index in [1.54, 1.807) is 4.68 Å². The van der Waals surface area contributed by atoms with E-state index in [1.807, 2.05) is 38.5 Å². The van der Waals surface area contributed by atoms with Crippen LogP contribution in [0.5, 0.6) is 0 Å². The molecule has 1 aliphatic carbocycles. The standard InChI is InChI=1S/C21H24N8O/c1-4-18(30)26-21(2)8-13(9-21)24-20-23-11-15-14(10-22-19(15)25-20)12-5-6-16-17(7-12)29(3)28-27-16/h5-7,10-11,13H,4,8-9H2,1-3H3,(H,26,30)(H2,22,23,24,25)/t13-,21-. The molecule has 5 rings (SSSR count). The molecule has 0 spiro atoms. The van der Waals surface area contributed by atoms with Gasteiger partial charge in [0.2, 0.25) is 11.9 Å². The molecule has 3 N–H and O–H groups in total. The summed E-state index contributed by atoms with van der Waals surface area (Å²) in [6, 6.07) is 6.33. The van der Waals surface area contributed by atoms with Crippen molar-refractivity contribution >= 4 is 33.9 Å². The quantitative estimate of drug-likeness (QED) is 0.471. The van der Waals surface area contributed by atoms with Gasteiger partial charge in [-0.1, -0.05) is 18.2 Å². The summed E-state index contributed by atoms with van der Waals surface area (Å²) in [5.41, 5.74) is 4.58. The number of fused-ring (bicyclic) bond motifs is 2. The Bertz CT molecular complexity index is 1250. The fourth-order valence-electron chi connectivity index (χ4n) is 4.25. The average molecular weight is 404 g/mol. The summed E-state index contributed by atoms with van der Waals surface area (Å²) >= 11 is 0. The molecular weight excluding hydrogens is 380 g/mol. The summed E-state index contributed by atoms with van der Waals surface area (Å²) in [6.07, 6.45) is 6.02. The number of nitrogens with zero attached hydrogens (tertiary/aromatic N) is 5. The topological polar surface area (TPSA) is 113 Å². The second-order valence-corrected chi connectivity index (χ2v) is 8.29. The maximum Gasteiger partial charge on any atom is 0.224 e. The second-order valence-electron chi connectivity index (χ2n) is 8.29. The summed E-state index contributed by atoms with van der Waals surface area (Å²) in [5, 5.41) is 15.6. The summed E-state index contributed by atoms with van der Waals surface area (Å²) in [6.45, 7) is 3.95. The first-order valence-electron chi connectivity index (χ1n) is 10.2. The molecule has 9 nitrogen and oxygen atoms in total. The average Bonchev–Trinajstić information content (AvgIpc) is 3.29. The number of anilines is 1. The zero-order valence-corrected chi connectivity index (χ0v) is 17.2. The third-order valence-electron chi connectivity index (χ3n) is 5.84. The number of H-pyrrole nitrogens is 1. The van der Waals surface area contributed by atoms with E-state index >= 15 is 0 Å². The Morgan fingerprint density at radius 1 is 1.37 bits per heavy atom. The summed E-state index contributed by atoms with van der Waals surface area (Å²) in [5.74, 6) is 0.684. The van der Waals surface area contributed by atoms with Crippen LogP contribution in [-0.4, -0.2) is 47.4 Å².